The van der Waals surface area contributed by atoms with Crippen LogP contribution in [0.3, 0.4) is 0 Å². The average Bonchev–Trinajstić information content (AvgIpc) is 3.08. The molecule has 0 amide bonds. The standard InChI is InChI=1S/C16H18BrNOS/c1-19-13-5-2-4-12(10-13)15-6-3-9-18(15)11-14-7-8-16(17)20-14/h2,4-5,7-8,10,15H,3,6,9,11H2,1H3. The molecule has 2 aromatic rings. The molecule has 0 spiro atoms. The van der Waals surface area contributed by atoms with E-state index in [2.05, 4.69) is 51.2 Å². The largest absolute Gasteiger partial charge is 0.497 e. The number of benzene rings is 1. The first kappa shape index (κ1) is 14.1. The molecule has 1 aliphatic heterocycles. The highest BCUT2D eigenvalue weighted by molar-refractivity contribution is 9.11. The molecule has 2 nitrogen and oxygen atoms in total. The van der Waals surface area contributed by atoms with E-state index in [0.717, 1.165) is 12.3 Å². The number of thiophene rings is 1. The second kappa shape index (κ2) is 6.29. The zero-order valence-corrected chi connectivity index (χ0v) is 13.9. The van der Waals surface area contributed by atoms with Crippen molar-refractivity contribution >= 4 is 27.3 Å². The number of methoxy groups -OCH3 is 1. The van der Waals surface area contributed by atoms with Crippen molar-refractivity contribution in [3.05, 3.63) is 50.6 Å². The van der Waals surface area contributed by atoms with Crippen LogP contribution in [0.1, 0.15) is 29.3 Å². The molecule has 0 saturated carbocycles. The maximum absolute atomic E-state index is 5.35. The van der Waals surface area contributed by atoms with Gasteiger partial charge in [-0.25, -0.2) is 0 Å². The summed E-state index contributed by atoms with van der Waals surface area (Å²) in [7, 11) is 1.73. The minimum Gasteiger partial charge on any atom is -0.497 e. The number of hydrogen-bond acceptors (Lipinski definition) is 3. The Morgan fingerprint density at radius 3 is 3.00 bits per heavy atom. The van der Waals surface area contributed by atoms with E-state index in [4.69, 9.17) is 4.74 Å². The molecule has 3 rings (SSSR count). The van der Waals surface area contributed by atoms with Gasteiger partial charge in [-0.2, -0.15) is 0 Å². The summed E-state index contributed by atoms with van der Waals surface area (Å²) in [5, 5.41) is 0. The summed E-state index contributed by atoms with van der Waals surface area (Å²) in [6, 6.07) is 13.4. The van der Waals surface area contributed by atoms with E-state index in [1.54, 1.807) is 7.11 Å². The van der Waals surface area contributed by atoms with Crippen molar-refractivity contribution in [1.82, 2.24) is 4.90 Å². The molecule has 1 unspecified atom stereocenters. The molecule has 0 N–H and O–H groups in total. The Labute approximate surface area is 132 Å². The van der Waals surface area contributed by atoms with Gasteiger partial charge in [0, 0.05) is 17.5 Å². The van der Waals surface area contributed by atoms with Gasteiger partial charge >= 0.3 is 0 Å². The first-order chi connectivity index (χ1) is 9.76. The molecule has 0 radical (unpaired) electrons. The topological polar surface area (TPSA) is 12.5 Å². The van der Waals surface area contributed by atoms with Gasteiger partial charge in [0.15, 0.2) is 0 Å². The Morgan fingerprint density at radius 1 is 1.35 bits per heavy atom. The van der Waals surface area contributed by atoms with Crippen molar-refractivity contribution in [2.75, 3.05) is 13.7 Å². The van der Waals surface area contributed by atoms with Gasteiger partial charge in [-0.3, -0.25) is 4.90 Å². The molecule has 0 bridgehead atoms. The van der Waals surface area contributed by atoms with Crippen LogP contribution in [0.4, 0.5) is 0 Å². The molecule has 4 heteroatoms. The fourth-order valence-corrected chi connectivity index (χ4v) is 4.39. The molecule has 1 fully saturated rings. The lowest BCUT2D eigenvalue weighted by atomic mass is 10.0. The molecule has 1 aromatic heterocycles. The predicted molar refractivity (Wildman–Crippen MR) is 87.4 cm³/mol. The first-order valence-electron chi connectivity index (χ1n) is 6.88. The van der Waals surface area contributed by atoms with Crippen molar-refractivity contribution < 1.29 is 4.74 Å². The molecule has 106 valence electrons. The SMILES string of the molecule is COc1cccc(C2CCCN2Cc2ccc(Br)s2)c1. The summed E-state index contributed by atoms with van der Waals surface area (Å²) in [6.07, 6.45) is 2.51. The summed E-state index contributed by atoms with van der Waals surface area (Å²) in [6.45, 7) is 2.22. The minimum atomic E-state index is 0.519. The van der Waals surface area contributed by atoms with Crippen LogP contribution in [0, 0.1) is 0 Å². The Balaban J connectivity index is 1.77. The smallest absolute Gasteiger partial charge is 0.119 e. The quantitative estimate of drug-likeness (QED) is 0.779. The minimum absolute atomic E-state index is 0.519. The van der Waals surface area contributed by atoms with Gasteiger partial charge < -0.3 is 4.74 Å². The highest BCUT2D eigenvalue weighted by atomic mass is 79.9. The molecule has 1 atom stereocenters. The summed E-state index contributed by atoms with van der Waals surface area (Å²) >= 11 is 5.37. The molecule has 0 aliphatic carbocycles. The highest BCUT2D eigenvalue weighted by Crippen LogP contribution is 2.35. The van der Waals surface area contributed by atoms with Crippen molar-refractivity contribution in [2.24, 2.45) is 0 Å². The van der Waals surface area contributed by atoms with Crippen molar-refractivity contribution in [3.8, 4) is 5.75 Å². The Morgan fingerprint density at radius 2 is 2.25 bits per heavy atom. The van der Waals surface area contributed by atoms with Crippen LogP contribution >= 0.6 is 27.3 Å². The third kappa shape index (κ3) is 3.08. The van der Waals surface area contributed by atoms with Gasteiger partial charge in [0.1, 0.15) is 5.75 Å². The molecule has 1 saturated heterocycles. The molecular formula is C16H18BrNOS. The van der Waals surface area contributed by atoms with Crippen LogP contribution in [0.25, 0.3) is 0 Å². The van der Waals surface area contributed by atoms with Gasteiger partial charge in [-0.1, -0.05) is 12.1 Å². The Kier molecular flexibility index (Phi) is 4.44. The van der Waals surface area contributed by atoms with Gasteiger partial charge in [0.25, 0.3) is 0 Å². The maximum Gasteiger partial charge on any atom is 0.119 e. The Bertz CT molecular complexity index is 583. The van der Waals surface area contributed by atoms with E-state index in [0.29, 0.717) is 6.04 Å². The van der Waals surface area contributed by atoms with Crippen LogP contribution in [0.15, 0.2) is 40.2 Å². The van der Waals surface area contributed by atoms with E-state index >= 15 is 0 Å². The lowest BCUT2D eigenvalue weighted by Gasteiger charge is -2.24. The maximum atomic E-state index is 5.35. The molecular weight excluding hydrogens is 334 g/mol. The van der Waals surface area contributed by atoms with E-state index in [-0.39, 0.29) is 0 Å². The van der Waals surface area contributed by atoms with Crippen LogP contribution in [-0.4, -0.2) is 18.6 Å². The van der Waals surface area contributed by atoms with Crippen LogP contribution in [0.2, 0.25) is 0 Å². The van der Waals surface area contributed by atoms with E-state index < -0.39 is 0 Å². The highest BCUT2D eigenvalue weighted by Gasteiger charge is 2.26. The fourth-order valence-electron chi connectivity index (χ4n) is 2.88. The van der Waals surface area contributed by atoms with E-state index in [1.807, 2.05) is 17.4 Å². The fraction of sp³-hybridized carbons (Fsp3) is 0.375. The monoisotopic (exact) mass is 351 g/mol. The normalized spacial score (nSPS) is 19.4. The molecule has 1 aliphatic rings. The number of likely N-dealkylation sites (tertiary alicyclic amines) is 1. The van der Waals surface area contributed by atoms with Crippen molar-refractivity contribution in [3.63, 3.8) is 0 Å². The third-order valence-corrected chi connectivity index (χ3v) is 5.44. The second-order valence-electron chi connectivity index (χ2n) is 5.11. The molecule has 1 aromatic carbocycles. The molecule has 20 heavy (non-hydrogen) atoms. The number of rotatable bonds is 4. The number of nitrogens with zero attached hydrogens (tertiary/aromatic N) is 1. The predicted octanol–water partition coefficient (Wildman–Crippen LogP) is 4.86. The second-order valence-corrected chi connectivity index (χ2v) is 7.66. The first-order valence-corrected chi connectivity index (χ1v) is 8.49. The zero-order valence-electron chi connectivity index (χ0n) is 11.5. The van der Waals surface area contributed by atoms with E-state index in [1.165, 1.54) is 33.6 Å². The van der Waals surface area contributed by atoms with Gasteiger partial charge in [0.05, 0.1) is 10.9 Å². The molecule has 2 heterocycles. The van der Waals surface area contributed by atoms with Crippen molar-refractivity contribution in [1.29, 1.82) is 0 Å². The summed E-state index contributed by atoms with van der Waals surface area (Å²) < 4.78 is 6.56. The van der Waals surface area contributed by atoms with Crippen LogP contribution < -0.4 is 4.74 Å². The summed E-state index contributed by atoms with van der Waals surface area (Å²) in [5.41, 5.74) is 1.37. The Hall–Kier alpha value is -0.840. The van der Waals surface area contributed by atoms with Crippen molar-refractivity contribution in [2.45, 2.75) is 25.4 Å². The van der Waals surface area contributed by atoms with Gasteiger partial charge in [-0.15, -0.1) is 11.3 Å². The third-order valence-electron chi connectivity index (χ3n) is 3.83. The number of hydrogen-bond donors (Lipinski definition) is 0. The zero-order chi connectivity index (χ0) is 13.9. The summed E-state index contributed by atoms with van der Waals surface area (Å²) in [5.74, 6) is 0.952. The summed E-state index contributed by atoms with van der Waals surface area (Å²) in [4.78, 5) is 4.00. The number of halogens is 1. The lowest BCUT2D eigenvalue weighted by Crippen LogP contribution is -2.22. The number of ether oxygens (including phenoxy) is 1. The van der Waals surface area contributed by atoms with Crippen LogP contribution in [0.5, 0.6) is 5.75 Å². The van der Waals surface area contributed by atoms with E-state index in [9.17, 15) is 0 Å². The van der Waals surface area contributed by atoms with Crippen LogP contribution in [-0.2, 0) is 6.54 Å². The average molecular weight is 352 g/mol. The lowest BCUT2D eigenvalue weighted by molar-refractivity contribution is 0.250. The van der Waals surface area contributed by atoms with Gasteiger partial charge in [-0.05, 0) is 65.1 Å². The van der Waals surface area contributed by atoms with Gasteiger partial charge in [0.2, 0.25) is 0 Å².